The lowest BCUT2D eigenvalue weighted by Crippen LogP contribution is -2.58. The lowest BCUT2D eigenvalue weighted by Gasteiger charge is -2.25. The zero-order valence-corrected chi connectivity index (χ0v) is 18.7. The van der Waals surface area contributed by atoms with Crippen molar-refractivity contribution in [2.75, 3.05) is 0 Å². The number of aliphatic carboxylic acids is 1. The second kappa shape index (κ2) is 12.9. The number of carbonyl (C=O) groups is 6. The number of aromatic amines is 1. The molecule has 0 saturated carbocycles. The van der Waals surface area contributed by atoms with Crippen molar-refractivity contribution in [3.8, 4) is 0 Å². The first-order valence-electron chi connectivity index (χ1n) is 10.2. The third-order valence-electron chi connectivity index (χ3n) is 4.69. The van der Waals surface area contributed by atoms with Gasteiger partial charge in [-0.3, -0.25) is 24.0 Å². The van der Waals surface area contributed by atoms with Gasteiger partial charge in [-0.2, -0.15) is 0 Å². The largest absolute Gasteiger partial charge is 0.480 e. The number of H-pyrrole nitrogens is 1. The third-order valence-corrected chi connectivity index (χ3v) is 4.69. The molecule has 188 valence electrons. The van der Waals surface area contributed by atoms with Gasteiger partial charge in [0.2, 0.25) is 29.5 Å². The number of nitrogens with one attached hydrogen (secondary N) is 4. The van der Waals surface area contributed by atoms with E-state index in [0.717, 1.165) is 0 Å². The highest BCUT2D eigenvalue weighted by Gasteiger charge is 2.32. The van der Waals surface area contributed by atoms with Gasteiger partial charge in [0.15, 0.2) is 0 Å². The Labute approximate surface area is 194 Å². The number of nitrogens with zero attached hydrogens (tertiary/aromatic N) is 1. The number of carboxylic acids is 1. The van der Waals surface area contributed by atoms with Gasteiger partial charge in [0, 0.05) is 18.3 Å². The van der Waals surface area contributed by atoms with E-state index in [4.69, 9.17) is 17.2 Å². The number of carboxylic acid groups (broad SMARTS) is 1. The molecule has 5 amide bonds. The van der Waals surface area contributed by atoms with Gasteiger partial charge in [-0.1, -0.05) is 13.8 Å². The molecule has 0 radical (unpaired) electrons. The fourth-order valence-corrected chi connectivity index (χ4v) is 2.75. The minimum Gasteiger partial charge on any atom is -0.480 e. The van der Waals surface area contributed by atoms with Crippen molar-refractivity contribution >= 4 is 35.5 Å². The van der Waals surface area contributed by atoms with E-state index < -0.39 is 72.5 Å². The second-order valence-electron chi connectivity index (χ2n) is 7.91. The molecule has 1 heterocycles. The van der Waals surface area contributed by atoms with Crippen LogP contribution in [0.1, 0.15) is 32.4 Å². The van der Waals surface area contributed by atoms with E-state index in [1.54, 1.807) is 13.8 Å². The first kappa shape index (κ1) is 28.0. The lowest BCUT2D eigenvalue weighted by molar-refractivity contribution is -0.144. The second-order valence-corrected chi connectivity index (χ2v) is 7.91. The van der Waals surface area contributed by atoms with Crippen LogP contribution in [0.25, 0.3) is 0 Å². The van der Waals surface area contributed by atoms with Crippen LogP contribution in [-0.2, 0) is 35.2 Å². The van der Waals surface area contributed by atoms with Crippen LogP contribution >= 0.6 is 0 Å². The van der Waals surface area contributed by atoms with Crippen LogP contribution in [0.15, 0.2) is 12.5 Å². The Balaban J connectivity index is 3.08. The number of imidazole rings is 1. The van der Waals surface area contributed by atoms with Gasteiger partial charge in [0.1, 0.15) is 18.1 Å². The molecule has 4 atom stereocenters. The van der Waals surface area contributed by atoms with E-state index in [1.165, 1.54) is 12.5 Å². The zero-order valence-electron chi connectivity index (χ0n) is 18.7. The molecule has 1 aromatic heterocycles. The molecule has 34 heavy (non-hydrogen) atoms. The molecule has 0 aliphatic heterocycles. The van der Waals surface area contributed by atoms with Crippen molar-refractivity contribution in [2.24, 2.45) is 23.1 Å². The fourth-order valence-electron chi connectivity index (χ4n) is 2.75. The Morgan fingerprint density at radius 2 is 1.41 bits per heavy atom. The van der Waals surface area contributed by atoms with E-state index in [0.29, 0.717) is 5.69 Å². The van der Waals surface area contributed by atoms with Crippen LogP contribution in [-0.4, -0.2) is 74.7 Å². The van der Waals surface area contributed by atoms with Crippen molar-refractivity contribution in [2.45, 2.75) is 57.3 Å². The molecule has 4 unspecified atom stereocenters. The molecule has 0 aliphatic rings. The van der Waals surface area contributed by atoms with Crippen LogP contribution in [0.4, 0.5) is 0 Å². The number of hydrogen-bond donors (Lipinski definition) is 8. The number of primary amides is 2. The standard InChI is InChI=1S/C19H30N8O7/c1-8(2)15(22)18(32)26-10(3-9-6-23-7-24-9)16(30)25-11(4-13(20)28)17(31)27-12(19(33)34)5-14(21)29/h6-8,10-12,15H,3-5,22H2,1-2H3,(H2,20,28)(H2,21,29)(H,23,24)(H,25,30)(H,26,32)(H,27,31)(H,33,34). The van der Waals surface area contributed by atoms with Crippen LogP contribution in [0.3, 0.4) is 0 Å². The molecular formula is C19H30N8O7. The SMILES string of the molecule is CC(C)C(N)C(=O)NC(Cc1cnc[nH]1)C(=O)NC(CC(N)=O)C(=O)NC(CC(N)=O)C(=O)O. The molecule has 0 saturated heterocycles. The quantitative estimate of drug-likeness (QED) is 0.129. The molecule has 0 spiro atoms. The average molecular weight is 482 g/mol. The van der Waals surface area contributed by atoms with Gasteiger partial charge in [-0.15, -0.1) is 0 Å². The summed E-state index contributed by atoms with van der Waals surface area (Å²) >= 11 is 0. The van der Waals surface area contributed by atoms with Crippen molar-refractivity contribution in [1.29, 1.82) is 0 Å². The summed E-state index contributed by atoms with van der Waals surface area (Å²) in [6.07, 6.45) is 1.32. The summed E-state index contributed by atoms with van der Waals surface area (Å²) in [6, 6.07) is -5.45. The van der Waals surface area contributed by atoms with Crippen LogP contribution in [0, 0.1) is 5.92 Å². The number of hydrogen-bond acceptors (Lipinski definition) is 8. The van der Waals surface area contributed by atoms with Crippen LogP contribution in [0.2, 0.25) is 0 Å². The highest BCUT2D eigenvalue weighted by Crippen LogP contribution is 2.05. The average Bonchev–Trinajstić information content (AvgIpc) is 3.23. The molecule has 0 fully saturated rings. The first-order chi connectivity index (χ1) is 15.8. The molecular weight excluding hydrogens is 452 g/mol. The summed E-state index contributed by atoms with van der Waals surface area (Å²) in [5.41, 5.74) is 16.5. The summed E-state index contributed by atoms with van der Waals surface area (Å²) in [6.45, 7) is 3.43. The maximum absolute atomic E-state index is 13.0. The Morgan fingerprint density at radius 1 is 0.912 bits per heavy atom. The number of amides is 5. The van der Waals surface area contributed by atoms with E-state index in [9.17, 15) is 33.9 Å². The Bertz CT molecular complexity index is 902. The van der Waals surface area contributed by atoms with Crippen molar-refractivity contribution in [3.05, 3.63) is 18.2 Å². The van der Waals surface area contributed by atoms with Crippen LogP contribution in [0.5, 0.6) is 0 Å². The van der Waals surface area contributed by atoms with Gasteiger partial charge in [0.25, 0.3) is 0 Å². The van der Waals surface area contributed by atoms with Crippen molar-refractivity contribution in [3.63, 3.8) is 0 Å². The normalized spacial score (nSPS) is 14.4. The topological polar surface area (TPSA) is 265 Å². The molecule has 15 heteroatoms. The molecule has 0 bridgehead atoms. The summed E-state index contributed by atoms with van der Waals surface area (Å²) in [4.78, 5) is 78.4. The first-order valence-corrected chi connectivity index (χ1v) is 10.2. The van der Waals surface area contributed by atoms with E-state index in [-0.39, 0.29) is 12.3 Å². The summed E-state index contributed by atoms with van der Waals surface area (Å²) in [5.74, 6) is -6.35. The van der Waals surface area contributed by atoms with E-state index in [1.807, 2.05) is 5.32 Å². The molecule has 1 rings (SSSR count). The molecule has 0 aliphatic carbocycles. The summed E-state index contributed by atoms with van der Waals surface area (Å²) < 4.78 is 0. The van der Waals surface area contributed by atoms with Crippen molar-refractivity contribution < 1.29 is 33.9 Å². The predicted octanol–water partition coefficient (Wildman–Crippen LogP) is -3.77. The number of rotatable bonds is 14. The zero-order chi connectivity index (χ0) is 26.0. The molecule has 15 nitrogen and oxygen atoms in total. The van der Waals surface area contributed by atoms with Gasteiger partial charge in [-0.25, -0.2) is 9.78 Å². The van der Waals surface area contributed by atoms with Gasteiger partial charge < -0.3 is 43.2 Å². The van der Waals surface area contributed by atoms with Gasteiger partial charge in [-0.05, 0) is 5.92 Å². The van der Waals surface area contributed by atoms with Gasteiger partial charge >= 0.3 is 5.97 Å². The van der Waals surface area contributed by atoms with Crippen LogP contribution < -0.4 is 33.2 Å². The number of nitrogens with two attached hydrogens (primary N) is 3. The minimum atomic E-state index is -1.69. The summed E-state index contributed by atoms with van der Waals surface area (Å²) in [7, 11) is 0. The highest BCUT2D eigenvalue weighted by atomic mass is 16.4. The Kier molecular flexibility index (Phi) is 10.6. The molecule has 11 N–H and O–H groups in total. The number of aromatic nitrogens is 2. The highest BCUT2D eigenvalue weighted by molar-refractivity contribution is 5.96. The van der Waals surface area contributed by atoms with E-state index in [2.05, 4.69) is 20.6 Å². The number of carbonyl (C=O) groups excluding carboxylic acids is 5. The van der Waals surface area contributed by atoms with E-state index >= 15 is 0 Å². The molecule has 0 aromatic carbocycles. The minimum absolute atomic E-state index is 0.0628. The maximum atomic E-state index is 13.0. The Morgan fingerprint density at radius 3 is 1.88 bits per heavy atom. The molecule has 1 aromatic rings. The van der Waals surface area contributed by atoms with Gasteiger partial charge in [0.05, 0.1) is 25.2 Å². The smallest absolute Gasteiger partial charge is 0.326 e. The Hall–Kier alpha value is -4.01. The monoisotopic (exact) mass is 482 g/mol. The maximum Gasteiger partial charge on any atom is 0.326 e. The fraction of sp³-hybridized carbons (Fsp3) is 0.526. The predicted molar refractivity (Wildman–Crippen MR) is 116 cm³/mol. The summed E-state index contributed by atoms with van der Waals surface area (Å²) in [5, 5.41) is 16.0. The van der Waals surface area contributed by atoms with Crippen molar-refractivity contribution in [1.82, 2.24) is 25.9 Å². The third kappa shape index (κ3) is 9.23. The lowest BCUT2D eigenvalue weighted by atomic mass is 10.0.